The van der Waals surface area contributed by atoms with Gasteiger partial charge in [-0.2, -0.15) is 0 Å². The fraction of sp³-hybridized carbons (Fsp3) is 0.529. The lowest BCUT2D eigenvalue weighted by atomic mass is 10.0. The maximum Gasteiger partial charge on any atom is 0.333 e. The summed E-state index contributed by atoms with van der Waals surface area (Å²) in [5, 5.41) is 11.8. The lowest BCUT2D eigenvalue weighted by molar-refractivity contribution is -0.153. The third-order valence-corrected chi connectivity index (χ3v) is 4.01. The molecule has 0 radical (unpaired) electrons. The second-order valence-corrected chi connectivity index (χ2v) is 6.00. The van der Waals surface area contributed by atoms with Gasteiger partial charge in [0.15, 0.2) is 6.10 Å². The van der Waals surface area contributed by atoms with E-state index in [0.717, 1.165) is 16.9 Å². The molecule has 23 heavy (non-hydrogen) atoms. The first-order valence-corrected chi connectivity index (χ1v) is 7.71. The molecule has 1 aliphatic rings. The summed E-state index contributed by atoms with van der Waals surface area (Å²) in [5.41, 5.74) is 2.18. The molecule has 1 aromatic carbocycles. The highest BCUT2D eigenvalue weighted by molar-refractivity contribution is 5.82. The maximum atomic E-state index is 12.1. The molecule has 6 heteroatoms. The molecule has 6 nitrogen and oxygen atoms in total. The molecule has 2 N–H and O–H groups in total. The zero-order valence-electron chi connectivity index (χ0n) is 13.7. The van der Waals surface area contributed by atoms with Crippen molar-refractivity contribution in [3.05, 3.63) is 29.3 Å². The van der Waals surface area contributed by atoms with Crippen molar-refractivity contribution in [2.75, 3.05) is 13.7 Å². The molecule has 1 saturated heterocycles. The third kappa shape index (κ3) is 4.45. The molecule has 0 unspecified atom stereocenters. The molecule has 0 spiro atoms. The molecule has 0 saturated carbocycles. The van der Waals surface area contributed by atoms with E-state index in [1.807, 2.05) is 25.1 Å². The number of nitrogens with one attached hydrogen (secondary N) is 1. The highest BCUT2D eigenvalue weighted by Gasteiger charge is 2.40. The summed E-state index contributed by atoms with van der Waals surface area (Å²) in [7, 11) is 1.62. The van der Waals surface area contributed by atoms with Crippen molar-refractivity contribution in [2.24, 2.45) is 5.92 Å². The summed E-state index contributed by atoms with van der Waals surface area (Å²) in [6.45, 7) is 4.24. The van der Waals surface area contributed by atoms with Crippen molar-refractivity contribution < 1.29 is 24.2 Å². The Labute approximate surface area is 135 Å². The summed E-state index contributed by atoms with van der Waals surface area (Å²) < 4.78 is 10.6. The van der Waals surface area contributed by atoms with Gasteiger partial charge in [0, 0.05) is 6.54 Å². The first-order valence-electron chi connectivity index (χ1n) is 7.71. The van der Waals surface area contributed by atoms with E-state index in [1.165, 1.54) is 0 Å². The SMILES string of the molecule is COc1cc(C)cc(CCNC(=O)[C@@H]2C[C@H](C)[C@@H](C(=O)O)O2)c1. The van der Waals surface area contributed by atoms with E-state index in [-0.39, 0.29) is 11.8 Å². The fourth-order valence-corrected chi connectivity index (χ4v) is 2.83. The Morgan fingerprint density at radius 3 is 2.74 bits per heavy atom. The predicted molar refractivity (Wildman–Crippen MR) is 84.5 cm³/mol. The minimum Gasteiger partial charge on any atom is -0.497 e. The van der Waals surface area contributed by atoms with Crippen LogP contribution in [0.4, 0.5) is 0 Å². The van der Waals surface area contributed by atoms with E-state index >= 15 is 0 Å². The summed E-state index contributed by atoms with van der Waals surface area (Å²) in [6, 6.07) is 5.93. The smallest absolute Gasteiger partial charge is 0.333 e. The molecular weight excluding hydrogens is 298 g/mol. The Morgan fingerprint density at radius 2 is 2.13 bits per heavy atom. The van der Waals surface area contributed by atoms with Gasteiger partial charge in [0.1, 0.15) is 11.9 Å². The van der Waals surface area contributed by atoms with Crippen LogP contribution in [0.3, 0.4) is 0 Å². The van der Waals surface area contributed by atoms with Crippen molar-refractivity contribution in [1.29, 1.82) is 0 Å². The third-order valence-electron chi connectivity index (χ3n) is 4.01. The van der Waals surface area contributed by atoms with Gasteiger partial charge in [-0.1, -0.05) is 13.0 Å². The molecule has 1 fully saturated rings. The Hall–Kier alpha value is -2.08. The Bertz CT molecular complexity index is 586. The number of aliphatic carboxylic acids is 1. The van der Waals surface area contributed by atoms with Crippen LogP contribution in [0, 0.1) is 12.8 Å². The fourth-order valence-electron chi connectivity index (χ4n) is 2.83. The van der Waals surface area contributed by atoms with Crippen LogP contribution >= 0.6 is 0 Å². The summed E-state index contributed by atoms with van der Waals surface area (Å²) in [5.74, 6) is -0.632. The number of methoxy groups -OCH3 is 1. The average Bonchev–Trinajstić information content (AvgIpc) is 2.88. The van der Waals surface area contributed by atoms with Gasteiger partial charge in [0.05, 0.1) is 7.11 Å². The second kappa shape index (κ2) is 7.46. The molecule has 1 aromatic rings. The predicted octanol–water partition coefficient (Wildman–Crippen LogP) is 1.54. The van der Waals surface area contributed by atoms with Crippen LogP contribution in [0.5, 0.6) is 5.75 Å². The summed E-state index contributed by atoms with van der Waals surface area (Å²) >= 11 is 0. The Kier molecular flexibility index (Phi) is 5.60. The number of carbonyl (C=O) groups is 2. The Morgan fingerprint density at radius 1 is 1.39 bits per heavy atom. The van der Waals surface area contributed by atoms with Crippen LogP contribution in [0.25, 0.3) is 0 Å². The zero-order chi connectivity index (χ0) is 17.0. The molecule has 126 valence electrons. The molecule has 3 atom stereocenters. The molecule has 1 aliphatic heterocycles. The highest BCUT2D eigenvalue weighted by Crippen LogP contribution is 2.26. The van der Waals surface area contributed by atoms with Gasteiger partial charge in [0.2, 0.25) is 5.91 Å². The lowest BCUT2D eigenvalue weighted by Gasteiger charge is -2.12. The number of carboxylic acids is 1. The van der Waals surface area contributed by atoms with Crippen molar-refractivity contribution >= 4 is 11.9 Å². The van der Waals surface area contributed by atoms with Crippen molar-refractivity contribution in [2.45, 2.75) is 38.9 Å². The number of rotatable bonds is 6. The van der Waals surface area contributed by atoms with Gasteiger partial charge in [-0.25, -0.2) is 4.79 Å². The molecule has 1 heterocycles. The number of hydrogen-bond donors (Lipinski definition) is 2. The number of carbonyl (C=O) groups excluding carboxylic acids is 1. The Balaban J connectivity index is 1.84. The van der Waals surface area contributed by atoms with Gasteiger partial charge >= 0.3 is 5.97 Å². The van der Waals surface area contributed by atoms with E-state index < -0.39 is 18.2 Å². The zero-order valence-corrected chi connectivity index (χ0v) is 13.7. The minimum absolute atomic E-state index is 0.163. The highest BCUT2D eigenvalue weighted by atomic mass is 16.5. The van der Waals surface area contributed by atoms with E-state index in [4.69, 9.17) is 14.6 Å². The van der Waals surface area contributed by atoms with Crippen LogP contribution in [-0.4, -0.2) is 42.8 Å². The van der Waals surface area contributed by atoms with Gasteiger partial charge in [-0.05, 0) is 48.9 Å². The van der Waals surface area contributed by atoms with Crippen molar-refractivity contribution in [1.82, 2.24) is 5.32 Å². The number of aryl methyl sites for hydroxylation is 1. The quantitative estimate of drug-likeness (QED) is 0.830. The van der Waals surface area contributed by atoms with Crippen LogP contribution in [0.15, 0.2) is 18.2 Å². The lowest BCUT2D eigenvalue weighted by Crippen LogP contribution is -2.36. The van der Waals surface area contributed by atoms with Gasteiger partial charge in [-0.3, -0.25) is 4.79 Å². The van der Waals surface area contributed by atoms with Gasteiger partial charge in [-0.15, -0.1) is 0 Å². The minimum atomic E-state index is -1.01. The van der Waals surface area contributed by atoms with Crippen LogP contribution in [-0.2, 0) is 20.7 Å². The van der Waals surface area contributed by atoms with Gasteiger partial charge < -0.3 is 19.9 Å². The molecular formula is C17H23NO5. The maximum absolute atomic E-state index is 12.1. The van der Waals surface area contributed by atoms with Gasteiger partial charge in [0.25, 0.3) is 0 Å². The van der Waals surface area contributed by atoms with Crippen LogP contribution in [0.1, 0.15) is 24.5 Å². The first kappa shape index (κ1) is 17.3. The largest absolute Gasteiger partial charge is 0.497 e. The summed E-state index contributed by atoms with van der Waals surface area (Å²) in [6.07, 6.45) is -0.472. The molecule has 0 aromatic heterocycles. The van der Waals surface area contributed by atoms with Crippen molar-refractivity contribution in [3.8, 4) is 5.75 Å². The molecule has 1 amide bonds. The normalized spacial score (nSPS) is 23.5. The summed E-state index contributed by atoms with van der Waals surface area (Å²) in [4.78, 5) is 23.1. The van der Waals surface area contributed by atoms with E-state index in [1.54, 1.807) is 14.0 Å². The number of benzene rings is 1. The van der Waals surface area contributed by atoms with Crippen molar-refractivity contribution in [3.63, 3.8) is 0 Å². The van der Waals surface area contributed by atoms with Crippen LogP contribution < -0.4 is 10.1 Å². The average molecular weight is 321 g/mol. The second-order valence-electron chi connectivity index (χ2n) is 6.00. The number of amides is 1. The van der Waals surface area contributed by atoms with Crippen LogP contribution in [0.2, 0.25) is 0 Å². The topological polar surface area (TPSA) is 84.9 Å². The monoisotopic (exact) mass is 321 g/mol. The molecule has 2 rings (SSSR count). The number of carboxylic acid groups (broad SMARTS) is 1. The number of hydrogen-bond acceptors (Lipinski definition) is 4. The van der Waals surface area contributed by atoms with E-state index in [9.17, 15) is 9.59 Å². The molecule has 0 aliphatic carbocycles. The first-order chi connectivity index (χ1) is 10.9. The molecule has 0 bridgehead atoms. The van der Waals surface area contributed by atoms with E-state index in [2.05, 4.69) is 5.32 Å². The standard InChI is InChI=1S/C17H23NO5/c1-10-6-12(9-13(7-10)22-3)4-5-18-16(19)14-8-11(2)15(23-14)17(20)21/h6-7,9,11,14-15H,4-5,8H2,1-3H3,(H,18,19)(H,20,21)/t11-,14-,15-/m0/s1. The van der Waals surface area contributed by atoms with E-state index in [0.29, 0.717) is 19.4 Å². The number of ether oxygens (including phenoxy) is 2.